The molecule has 3 heterocycles. The number of piperidine rings is 1. The van der Waals surface area contributed by atoms with Gasteiger partial charge >= 0.3 is 0 Å². The Labute approximate surface area is 179 Å². The maximum absolute atomic E-state index is 11.4. The second-order valence-electron chi connectivity index (χ2n) is 8.35. The molecular formula is C22H23N7O2. The number of rotatable bonds is 6. The molecule has 1 amide bonds. The first kappa shape index (κ1) is 19.5. The van der Waals surface area contributed by atoms with Crippen LogP contribution in [0.15, 0.2) is 36.8 Å². The molecule has 1 aliphatic heterocycles. The van der Waals surface area contributed by atoms with E-state index < -0.39 is 5.91 Å². The highest BCUT2D eigenvalue weighted by Crippen LogP contribution is 2.51. The number of hydroxylamine groups is 1. The van der Waals surface area contributed by atoms with Gasteiger partial charge in [0.2, 0.25) is 5.95 Å². The van der Waals surface area contributed by atoms with Gasteiger partial charge in [0, 0.05) is 56.2 Å². The molecule has 0 spiro atoms. The summed E-state index contributed by atoms with van der Waals surface area (Å²) in [6.45, 7) is 3.59. The van der Waals surface area contributed by atoms with Gasteiger partial charge in [-0.3, -0.25) is 10.0 Å². The van der Waals surface area contributed by atoms with Gasteiger partial charge in [-0.2, -0.15) is 5.26 Å². The van der Waals surface area contributed by atoms with E-state index in [0.29, 0.717) is 29.3 Å². The summed E-state index contributed by atoms with van der Waals surface area (Å²) in [5.74, 6) is 1.93. The van der Waals surface area contributed by atoms with Gasteiger partial charge in [-0.1, -0.05) is 0 Å². The molecule has 1 saturated carbocycles. The Balaban J connectivity index is 1.15. The molecule has 3 N–H and O–H groups in total. The van der Waals surface area contributed by atoms with Crippen molar-refractivity contribution in [2.45, 2.75) is 6.54 Å². The molecule has 2 aromatic heterocycles. The molecular weight excluding hydrogens is 394 g/mol. The van der Waals surface area contributed by atoms with Crippen LogP contribution >= 0.6 is 0 Å². The maximum Gasteiger partial charge on any atom is 0.277 e. The smallest absolute Gasteiger partial charge is 0.277 e. The van der Waals surface area contributed by atoms with E-state index in [1.165, 1.54) is 18.0 Å². The molecule has 9 heteroatoms. The van der Waals surface area contributed by atoms with Crippen LogP contribution < -0.4 is 15.7 Å². The fourth-order valence-corrected chi connectivity index (χ4v) is 4.84. The van der Waals surface area contributed by atoms with Gasteiger partial charge in [0.05, 0.1) is 17.2 Å². The number of hydrogen-bond donors (Lipinski definition) is 3. The largest absolute Gasteiger partial charge is 0.350 e. The Bertz CT molecular complexity index is 1170. The predicted octanol–water partition coefficient (Wildman–Crippen LogP) is 1.43. The van der Waals surface area contributed by atoms with Crippen molar-refractivity contribution in [2.24, 2.45) is 24.8 Å². The normalized spacial score (nSPS) is 21.7. The van der Waals surface area contributed by atoms with Crippen LogP contribution in [0.2, 0.25) is 0 Å². The van der Waals surface area contributed by atoms with Gasteiger partial charge in [-0.25, -0.2) is 15.4 Å². The lowest BCUT2D eigenvalue weighted by atomic mass is 10.1. The number of fused-ring (bicyclic) bond motifs is 2. The number of aromatic nitrogens is 3. The van der Waals surface area contributed by atoms with E-state index in [-0.39, 0.29) is 5.56 Å². The van der Waals surface area contributed by atoms with Crippen LogP contribution in [0, 0.1) is 29.1 Å². The highest BCUT2D eigenvalue weighted by molar-refractivity contribution is 5.92. The van der Waals surface area contributed by atoms with Crippen LogP contribution in [0.3, 0.4) is 0 Å². The monoisotopic (exact) mass is 417 g/mol. The van der Waals surface area contributed by atoms with E-state index in [2.05, 4.69) is 37.0 Å². The highest BCUT2D eigenvalue weighted by atomic mass is 16.5. The van der Waals surface area contributed by atoms with Crippen molar-refractivity contribution in [3.63, 3.8) is 0 Å². The molecule has 1 saturated heterocycles. The fraction of sp³-hybridized carbons (Fsp3) is 0.364. The van der Waals surface area contributed by atoms with Crippen molar-refractivity contribution >= 4 is 22.8 Å². The molecule has 1 aliphatic carbocycles. The molecule has 9 nitrogen and oxygen atoms in total. The molecule has 0 radical (unpaired) electrons. The molecule has 5 rings (SSSR count). The molecule has 2 unspecified atom stereocenters. The zero-order valence-corrected chi connectivity index (χ0v) is 17.1. The number of nitrogens with one attached hydrogen (secondary N) is 2. The summed E-state index contributed by atoms with van der Waals surface area (Å²) >= 11 is 0. The summed E-state index contributed by atoms with van der Waals surface area (Å²) < 4.78 is 2.10. The zero-order chi connectivity index (χ0) is 21.5. The Morgan fingerprint density at radius 1 is 1.29 bits per heavy atom. The lowest BCUT2D eigenvalue weighted by Crippen LogP contribution is -2.29. The summed E-state index contributed by atoms with van der Waals surface area (Å²) in [6.07, 6.45) is 4.99. The van der Waals surface area contributed by atoms with Crippen LogP contribution in [0.4, 0.5) is 5.95 Å². The van der Waals surface area contributed by atoms with E-state index in [0.717, 1.165) is 37.1 Å². The Kier molecular flexibility index (Phi) is 4.81. The molecule has 0 bridgehead atoms. The third kappa shape index (κ3) is 3.50. The van der Waals surface area contributed by atoms with E-state index in [9.17, 15) is 10.1 Å². The first-order valence-corrected chi connectivity index (χ1v) is 10.3. The van der Waals surface area contributed by atoms with E-state index in [1.807, 2.05) is 25.2 Å². The first-order chi connectivity index (χ1) is 15.1. The van der Waals surface area contributed by atoms with Crippen LogP contribution in [-0.4, -0.2) is 45.3 Å². The molecule has 3 aromatic rings. The Morgan fingerprint density at radius 3 is 2.71 bits per heavy atom. The van der Waals surface area contributed by atoms with Gasteiger partial charge in [0.15, 0.2) is 0 Å². The molecule has 158 valence electrons. The number of benzene rings is 1. The minimum Gasteiger partial charge on any atom is -0.350 e. The average molecular weight is 417 g/mol. The van der Waals surface area contributed by atoms with Crippen molar-refractivity contribution in [3.8, 4) is 6.07 Å². The van der Waals surface area contributed by atoms with Crippen LogP contribution in [0.25, 0.3) is 10.9 Å². The third-order valence-electron chi connectivity index (χ3n) is 6.55. The van der Waals surface area contributed by atoms with Crippen molar-refractivity contribution in [1.29, 1.82) is 5.26 Å². The number of aryl methyl sites for hydroxylation is 1. The van der Waals surface area contributed by atoms with Gasteiger partial charge in [0.25, 0.3) is 5.91 Å². The van der Waals surface area contributed by atoms with Crippen molar-refractivity contribution < 1.29 is 10.0 Å². The number of carbonyl (C=O) groups excluding carboxylic acids is 1. The zero-order valence-electron chi connectivity index (χ0n) is 17.1. The quantitative estimate of drug-likeness (QED) is 0.410. The number of nitriles is 1. The Hall–Kier alpha value is -3.48. The van der Waals surface area contributed by atoms with Crippen molar-refractivity contribution in [1.82, 2.24) is 25.3 Å². The van der Waals surface area contributed by atoms with Gasteiger partial charge in [-0.05, 0) is 48.1 Å². The van der Waals surface area contributed by atoms with Crippen LogP contribution in [0.1, 0.15) is 21.5 Å². The van der Waals surface area contributed by atoms with Crippen LogP contribution in [0.5, 0.6) is 0 Å². The predicted molar refractivity (Wildman–Crippen MR) is 113 cm³/mol. The van der Waals surface area contributed by atoms with Gasteiger partial charge in [0.1, 0.15) is 0 Å². The summed E-state index contributed by atoms with van der Waals surface area (Å²) in [7, 11) is 2.03. The Morgan fingerprint density at radius 2 is 2.03 bits per heavy atom. The number of nitrogens with zero attached hydrogens (tertiary/aromatic N) is 5. The number of amides is 1. The SMILES string of the molecule is Cn1cc(CNCC2C3CN(c4ncc(C(=O)NO)cn4)CC23)c2cc(C#N)ccc21. The molecule has 2 fully saturated rings. The van der Waals surface area contributed by atoms with E-state index >= 15 is 0 Å². The first-order valence-electron chi connectivity index (χ1n) is 10.3. The van der Waals surface area contributed by atoms with Crippen molar-refractivity contribution in [2.75, 3.05) is 24.5 Å². The standard InChI is InChI=1S/C22H23N7O2/c1-28-10-15(16-4-13(5-23)2-3-20(16)28)6-24-9-17-18-11-29(12-19(17)18)22-25-7-14(8-26-22)21(30)27-31/h2-4,7-8,10,17-19,24,31H,6,9,11-12H2,1H3,(H,27,30). The minimum absolute atomic E-state index is 0.230. The minimum atomic E-state index is -0.614. The summed E-state index contributed by atoms with van der Waals surface area (Å²) in [5, 5.41) is 22.6. The number of carbonyl (C=O) groups is 1. The average Bonchev–Trinajstić information content (AvgIpc) is 3.11. The summed E-state index contributed by atoms with van der Waals surface area (Å²) in [6, 6.07) is 8.04. The fourth-order valence-electron chi connectivity index (χ4n) is 4.84. The maximum atomic E-state index is 11.4. The second-order valence-corrected chi connectivity index (χ2v) is 8.35. The van der Waals surface area contributed by atoms with Crippen LogP contribution in [-0.2, 0) is 13.6 Å². The second kappa shape index (κ2) is 7.65. The highest BCUT2D eigenvalue weighted by Gasteiger charge is 2.55. The molecule has 2 aliphatic rings. The molecule has 31 heavy (non-hydrogen) atoms. The summed E-state index contributed by atoms with van der Waals surface area (Å²) in [4.78, 5) is 22.1. The lowest BCUT2D eigenvalue weighted by Gasteiger charge is -2.19. The topological polar surface area (TPSA) is 119 Å². The number of anilines is 1. The van der Waals surface area contributed by atoms with Gasteiger partial charge in [-0.15, -0.1) is 0 Å². The number of hydrogen-bond acceptors (Lipinski definition) is 7. The van der Waals surface area contributed by atoms with E-state index in [4.69, 9.17) is 5.21 Å². The molecule has 2 atom stereocenters. The third-order valence-corrected chi connectivity index (χ3v) is 6.55. The van der Waals surface area contributed by atoms with Crippen molar-refractivity contribution in [3.05, 3.63) is 53.5 Å². The summed E-state index contributed by atoms with van der Waals surface area (Å²) in [5.41, 5.74) is 4.84. The van der Waals surface area contributed by atoms with E-state index in [1.54, 1.807) is 5.48 Å². The molecule has 1 aromatic carbocycles. The lowest BCUT2D eigenvalue weighted by molar-refractivity contribution is 0.0705. The van der Waals surface area contributed by atoms with Gasteiger partial charge < -0.3 is 14.8 Å².